The number of rotatable bonds is 6. The summed E-state index contributed by atoms with van der Waals surface area (Å²) < 4.78 is 27.7. The van der Waals surface area contributed by atoms with Crippen molar-refractivity contribution in [1.29, 1.82) is 0 Å². The Bertz CT molecular complexity index is 409. The number of anilines is 1. The Morgan fingerprint density at radius 3 is 2.63 bits per heavy atom. The van der Waals surface area contributed by atoms with Crippen molar-refractivity contribution in [2.24, 2.45) is 0 Å². The van der Waals surface area contributed by atoms with Crippen molar-refractivity contribution in [3.63, 3.8) is 0 Å². The molecule has 0 amide bonds. The number of hydrogen-bond donors (Lipinski definition) is 1. The van der Waals surface area contributed by atoms with Crippen LogP contribution in [0.2, 0.25) is 0 Å². The minimum Gasteiger partial charge on any atom is -0.364 e. The number of nitrogens with one attached hydrogen (secondary N) is 1. The predicted molar refractivity (Wildman–Crippen MR) is 78.2 cm³/mol. The SMILES string of the molecule is CCCCCC[C@]1(C(F)(F)Cl)Nc2ccccc2S1. The minimum absolute atomic E-state index is 0.364. The second-order valence-electron chi connectivity index (χ2n) is 4.86. The molecule has 0 radical (unpaired) electrons. The third-order valence-electron chi connectivity index (χ3n) is 3.35. The molecule has 2 rings (SSSR count). The van der Waals surface area contributed by atoms with Crippen molar-refractivity contribution >= 4 is 29.1 Å². The Morgan fingerprint density at radius 2 is 2.00 bits per heavy atom. The van der Waals surface area contributed by atoms with Gasteiger partial charge in [0.15, 0.2) is 4.87 Å². The molecule has 0 bridgehead atoms. The van der Waals surface area contributed by atoms with Gasteiger partial charge in [-0.25, -0.2) is 0 Å². The number of alkyl halides is 3. The Balaban J connectivity index is 2.11. The Morgan fingerprint density at radius 1 is 1.26 bits per heavy atom. The molecule has 1 heterocycles. The number of thioether (sulfide) groups is 1. The van der Waals surface area contributed by atoms with Crippen LogP contribution in [0.15, 0.2) is 29.2 Å². The normalized spacial score (nSPS) is 22.1. The molecule has 0 saturated heterocycles. The fourth-order valence-corrected chi connectivity index (χ4v) is 3.81. The molecule has 5 heteroatoms. The largest absolute Gasteiger partial charge is 0.364 e. The molecule has 0 saturated carbocycles. The zero-order valence-electron chi connectivity index (χ0n) is 10.9. The molecule has 0 unspecified atom stereocenters. The van der Waals surface area contributed by atoms with Crippen LogP contribution in [0.25, 0.3) is 0 Å². The van der Waals surface area contributed by atoms with Gasteiger partial charge in [0.05, 0.1) is 0 Å². The Labute approximate surface area is 122 Å². The van der Waals surface area contributed by atoms with Crippen LogP contribution in [0.5, 0.6) is 0 Å². The monoisotopic (exact) mass is 305 g/mol. The predicted octanol–water partition coefficient (Wildman–Crippen LogP) is 5.70. The van der Waals surface area contributed by atoms with E-state index in [4.69, 9.17) is 11.6 Å². The molecule has 19 heavy (non-hydrogen) atoms. The van der Waals surface area contributed by atoms with E-state index < -0.39 is 10.3 Å². The van der Waals surface area contributed by atoms with E-state index in [0.29, 0.717) is 6.42 Å². The van der Waals surface area contributed by atoms with Crippen LogP contribution in [0.4, 0.5) is 14.5 Å². The van der Waals surface area contributed by atoms with E-state index in [2.05, 4.69) is 12.2 Å². The highest BCUT2D eigenvalue weighted by molar-refractivity contribution is 8.01. The summed E-state index contributed by atoms with van der Waals surface area (Å²) in [6, 6.07) is 7.36. The first-order valence-electron chi connectivity index (χ1n) is 6.61. The maximum Gasteiger partial charge on any atom is 0.353 e. The summed E-state index contributed by atoms with van der Waals surface area (Å²) in [6.45, 7) is 2.10. The number of halogens is 3. The molecule has 1 aromatic carbocycles. The molecule has 1 nitrogen and oxygen atoms in total. The van der Waals surface area contributed by atoms with Gasteiger partial charge in [-0.1, -0.05) is 50.1 Å². The molecule has 106 valence electrons. The zero-order valence-corrected chi connectivity index (χ0v) is 12.5. The smallest absolute Gasteiger partial charge is 0.353 e. The van der Waals surface area contributed by atoms with E-state index in [9.17, 15) is 8.78 Å². The van der Waals surface area contributed by atoms with Gasteiger partial charge in [-0.2, -0.15) is 8.78 Å². The first kappa shape index (κ1) is 14.9. The average molecular weight is 306 g/mol. The summed E-state index contributed by atoms with van der Waals surface area (Å²) in [6.07, 6.45) is 4.24. The lowest BCUT2D eigenvalue weighted by atomic mass is 10.1. The zero-order chi connectivity index (χ0) is 13.9. The van der Waals surface area contributed by atoms with Crippen molar-refractivity contribution in [2.75, 3.05) is 5.32 Å². The summed E-state index contributed by atoms with van der Waals surface area (Å²) in [5.74, 6) is 0. The molecular weight excluding hydrogens is 288 g/mol. The van der Waals surface area contributed by atoms with E-state index in [1.165, 1.54) is 0 Å². The average Bonchev–Trinajstić information content (AvgIpc) is 2.74. The van der Waals surface area contributed by atoms with Gasteiger partial charge >= 0.3 is 5.38 Å². The third-order valence-corrected chi connectivity index (χ3v) is 5.27. The van der Waals surface area contributed by atoms with E-state index in [1.54, 1.807) is 0 Å². The van der Waals surface area contributed by atoms with Gasteiger partial charge in [-0.3, -0.25) is 0 Å². The lowest BCUT2D eigenvalue weighted by molar-refractivity contribution is 0.0558. The van der Waals surface area contributed by atoms with Crippen LogP contribution in [0.3, 0.4) is 0 Å². The van der Waals surface area contributed by atoms with Crippen molar-refractivity contribution in [3.05, 3.63) is 24.3 Å². The van der Waals surface area contributed by atoms with Crippen LogP contribution < -0.4 is 5.32 Å². The summed E-state index contributed by atoms with van der Waals surface area (Å²) in [7, 11) is 0. The summed E-state index contributed by atoms with van der Waals surface area (Å²) in [4.78, 5) is -0.565. The molecule has 1 atom stereocenters. The molecule has 0 aromatic heterocycles. The molecule has 0 aliphatic carbocycles. The minimum atomic E-state index is -3.27. The molecule has 1 aliphatic heterocycles. The van der Waals surface area contributed by atoms with Crippen LogP contribution in [-0.2, 0) is 0 Å². The topological polar surface area (TPSA) is 12.0 Å². The van der Waals surface area contributed by atoms with Crippen molar-refractivity contribution < 1.29 is 8.78 Å². The number of para-hydroxylation sites is 1. The van der Waals surface area contributed by atoms with E-state index in [1.807, 2.05) is 24.3 Å². The van der Waals surface area contributed by atoms with Crippen molar-refractivity contribution in [3.8, 4) is 0 Å². The molecule has 1 aromatic rings. The van der Waals surface area contributed by atoms with Crippen molar-refractivity contribution in [1.82, 2.24) is 0 Å². The fraction of sp³-hybridized carbons (Fsp3) is 0.571. The van der Waals surface area contributed by atoms with Crippen LogP contribution in [0, 0.1) is 0 Å². The molecule has 0 fully saturated rings. The first-order valence-corrected chi connectivity index (χ1v) is 7.81. The molecule has 0 spiro atoms. The van der Waals surface area contributed by atoms with Crippen LogP contribution in [0.1, 0.15) is 39.0 Å². The van der Waals surface area contributed by atoms with E-state index in [-0.39, 0.29) is 0 Å². The second kappa shape index (κ2) is 5.88. The first-order chi connectivity index (χ1) is 8.98. The van der Waals surface area contributed by atoms with Crippen LogP contribution >= 0.6 is 23.4 Å². The fourth-order valence-electron chi connectivity index (χ4n) is 2.27. The van der Waals surface area contributed by atoms with Gasteiger partial charge in [-0.15, -0.1) is 0 Å². The molecular formula is C14H18ClF2NS. The summed E-state index contributed by atoms with van der Waals surface area (Å²) in [5, 5.41) is -0.329. The number of fused-ring (bicyclic) bond motifs is 1. The highest BCUT2D eigenvalue weighted by atomic mass is 35.5. The van der Waals surface area contributed by atoms with Gasteiger partial charge in [0.25, 0.3) is 0 Å². The standard InChI is InChI=1S/C14H18ClF2NS/c1-2-3-4-7-10-13(14(15,16)17)18-11-8-5-6-9-12(11)19-13/h5-6,8-9,18H,2-4,7,10H2,1H3/t13-/m0/s1. The maximum atomic E-state index is 13.8. The lowest BCUT2D eigenvalue weighted by Gasteiger charge is -2.33. The van der Waals surface area contributed by atoms with Gasteiger partial charge < -0.3 is 5.32 Å². The Hall–Kier alpha value is -0.480. The molecule has 1 aliphatic rings. The number of unbranched alkanes of at least 4 members (excludes halogenated alkanes) is 3. The van der Waals surface area contributed by atoms with Gasteiger partial charge in [0.2, 0.25) is 0 Å². The maximum absolute atomic E-state index is 13.8. The molecule has 1 N–H and O–H groups in total. The van der Waals surface area contributed by atoms with Gasteiger partial charge in [-0.05, 0) is 36.6 Å². The van der Waals surface area contributed by atoms with E-state index in [0.717, 1.165) is 48.0 Å². The number of benzene rings is 1. The third kappa shape index (κ3) is 3.16. The second-order valence-corrected chi connectivity index (χ2v) is 6.67. The van der Waals surface area contributed by atoms with Gasteiger partial charge in [0.1, 0.15) is 0 Å². The quantitative estimate of drug-likeness (QED) is 0.534. The summed E-state index contributed by atoms with van der Waals surface area (Å²) >= 11 is 6.54. The number of hydrogen-bond acceptors (Lipinski definition) is 2. The van der Waals surface area contributed by atoms with E-state index >= 15 is 0 Å². The van der Waals surface area contributed by atoms with Crippen LogP contribution in [-0.4, -0.2) is 10.3 Å². The van der Waals surface area contributed by atoms with Gasteiger partial charge in [0, 0.05) is 10.6 Å². The lowest BCUT2D eigenvalue weighted by Crippen LogP contribution is -2.45. The highest BCUT2D eigenvalue weighted by Gasteiger charge is 2.56. The Kier molecular flexibility index (Phi) is 4.62. The van der Waals surface area contributed by atoms with Crippen molar-refractivity contribution in [2.45, 2.75) is 54.2 Å². The highest BCUT2D eigenvalue weighted by Crippen LogP contribution is 2.56. The summed E-state index contributed by atoms with van der Waals surface area (Å²) in [5.41, 5.74) is 0.753.